The van der Waals surface area contributed by atoms with E-state index in [4.69, 9.17) is 14.2 Å². The Kier molecular flexibility index (Phi) is 56.0. The number of hydrogen-bond acceptors (Lipinski definition) is 6. The highest BCUT2D eigenvalue weighted by Gasteiger charge is 2.19. The summed E-state index contributed by atoms with van der Waals surface area (Å²) in [6.07, 6.45) is 85.8. The van der Waals surface area contributed by atoms with Gasteiger partial charge < -0.3 is 14.2 Å². The molecule has 0 aromatic carbocycles. The van der Waals surface area contributed by atoms with Gasteiger partial charge in [-0.05, 0) is 96.3 Å². The summed E-state index contributed by atoms with van der Waals surface area (Å²) in [6.45, 7) is 6.29. The summed E-state index contributed by atoms with van der Waals surface area (Å²) in [5, 5.41) is 0. The fourth-order valence-electron chi connectivity index (χ4n) is 7.55. The van der Waals surface area contributed by atoms with Crippen LogP contribution in [0.25, 0.3) is 0 Å². The SMILES string of the molecule is CC/C=C\C/C=C\C/C=C\C/C=C\C/C=C\C/C=C\CCC(=O)OCC(COC(=O)CCCCCCCCCCCCCCCCCCC)OC(=O)CC/C=C\C/C=C\C/C=C\C/C=C\C/C=C\C/C=C\CC. The second kappa shape index (κ2) is 59.8. The van der Waals surface area contributed by atoms with Crippen LogP contribution in [0.4, 0.5) is 0 Å². The maximum absolute atomic E-state index is 12.8. The molecule has 0 bridgehead atoms. The van der Waals surface area contributed by atoms with Gasteiger partial charge in [-0.2, -0.15) is 0 Å². The second-order valence-corrected chi connectivity index (χ2v) is 18.8. The Morgan fingerprint density at radius 3 is 0.836 bits per heavy atom. The predicted molar refractivity (Wildman–Crippen MR) is 315 cm³/mol. The lowest BCUT2D eigenvalue weighted by atomic mass is 10.0. The molecule has 0 radical (unpaired) electrons. The Morgan fingerprint density at radius 2 is 0.534 bits per heavy atom. The zero-order chi connectivity index (χ0) is 52.9. The van der Waals surface area contributed by atoms with Crippen molar-refractivity contribution >= 4 is 17.9 Å². The number of rotatable bonds is 51. The smallest absolute Gasteiger partial charge is 0.306 e. The second-order valence-electron chi connectivity index (χ2n) is 18.8. The Hall–Kier alpha value is -4.71. The van der Waals surface area contributed by atoms with Crippen LogP contribution in [0.3, 0.4) is 0 Å². The van der Waals surface area contributed by atoms with Crippen molar-refractivity contribution in [3.63, 3.8) is 0 Å². The third-order valence-electron chi connectivity index (χ3n) is 11.9. The fraction of sp³-hybridized carbons (Fsp3) is 0.597. The van der Waals surface area contributed by atoms with Gasteiger partial charge in [0.15, 0.2) is 6.10 Å². The minimum atomic E-state index is -0.855. The van der Waals surface area contributed by atoms with Crippen LogP contribution in [-0.4, -0.2) is 37.2 Å². The molecule has 0 N–H and O–H groups in total. The molecular weight excluding hydrogens is 901 g/mol. The van der Waals surface area contributed by atoms with Crippen LogP contribution in [0.15, 0.2) is 146 Å². The first kappa shape index (κ1) is 68.3. The Bertz CT molecular complexity index is 1630. The molecule has 6 nitrogen and oxygen atoms in total. The van der Waals surface area contributed by atoms with Gasteiger partial charge in [-0.1, -0.05) is 269 Å². The highest BCUT2D eigenvalue weighted by Crippen LogP contribution is 2.15. The first-order chi connectivity index (χ1) is 36.0. The monoisotopic (exact) mass is 1010 g/mol. The van der Waals surface area contributed by atoms with Gasteiger partial charge >= 0.3 is 17.9 Å². The molecule has 0 saturated carbocycles. The quantitative estimate of drug-likeness (QED) is 0.0261. The molecule has 0 fully saturated rings. The van der Waals surface area contributed by atoms with Gasteiger partial charge in [-0.15, -0.1) is 0 Å². The molecule has 0 aromatic rings. The van der Waals surface area contributed by atoms with E-state index >= 15 is 0 Å². The summed E-state index contributed by atoms with van der Waals surface area (Å²) in [7, 11) is 0. The van der Waals surface area contributed by atoms with Crippen LogP contribution in [0.1, 0.15) is 239 Å². The maximum Gasteiger partial charge on any atom is 0.306 e. The topological polar surface area (TPSA) is 78.9 Å². The van der Waals surface area contributed by atoms with Crippen molar-refractivity contribution < 1.29 is 28.6 Å². The summed E-state index contributed by atoms with van der Waals surface area (Å²) in [5.74, 6) is -1.11. The number of allylic oxidation sites excluding steroid dienone is 24. The first-order valence-corrected chi connectivity index (χ1v) is 29.3. The van der Waals surface area contributed by atoms with Crippen LogP contribution >= 0.6 is 0 Å². The molecular formula is C67H106O6. The number of hydrogen-bond donors (Lipinski definition) is 0. The minimum Gasteiger partial charge on any atom is -0.462 e. The van der Waals surface area contributed by atoms with Crippen molar-refractivity contribution in [2.24, 2.45) is 0 Å². The standard InChI is InChI=1S/C67H106O6/c1-4-7-10-13-16-19-22-25-28-31-33-36-39-42-45-48-51-54-57-60-66(69)72-63-64(62-71-65(68)59-56-53-50-47-44-41-38-35-30-27-24-21-18-15-12-9-6-3)73-67(70)61-58-55-52-49-46-43-40-37-34-32-29-26-23-20-17-14-11-8-5-2/h7-8,10-11,16-17,19-20,25-26,28-29,33-34,36-37,42-43,45-46,51-52,54-55,64H,4-6,9,12-15,18,21-24,27,30-32,35,38-41,44,47-50,53,56-63H2,1-3H3/b10-7-,11-8-,19-16-,20-17-,28-25-,29-26-,36-33-,37-34-,45-42-,46-43-,54-51-,55-52-. The third-order valence-corrected chi connectivity index (χ3v) is 11.9. The molecule has 6 heteroatoms. The van der Waals surface area contributed by atoms with Gasteiger partial charge in [-0.25, -0.2) is 0 Å². The van der Waals surface area contributed by atoms with Crippen LogP contribution in [-0.2, 0) is 28.6 Å². The zero-order valence-electron chi connectivity index (χ0n) is 46.8. The van der Waals surface area contributed by atoms with E-state index in [9.17, 15) is 14.4 Å². The largest absolute Gasteiger partial charge is 0.462 e. The molecule has 0 aliphatic heterocycles. The van der Waals surface area contributed by atoms with E-state index in [0.717, 1.165) is 96.3 Å². The van der Waals surface area contributed by atoms with Gasteiger partial charge in [0.25, 0.3) is 0 Å². The Morgan fingerprint density at radius 1 is 0.288 bits per heavy atom. The fourth-order valence-corrected chi connectivity index (χ4v) is 7.55. The molecule has 1 atom stereocenters. The van der Waals surface area contributed by atoms with Gasteiger partial charge in [-0.3, -0.25) is 14.4 Å². The van der Waals surface area contributed by atoms with E-state index < -0.39 is 12.1 Å². The highest BCUT2D eigenvalue weighted by atomic mass is 16.6. The van der Waals surface area contributed by atoms with Crippen LogP contribution in [0.5, 0.6) is 0 Å². The van der Waals surface area contributed by atoms with Crippen molar-refractivity contribution in [1.29, 1.82) is 0 Å². The molecule has 0 rings (SSSR count). The molecule has 0 saturated heterocycles. The normalized spacial score (nSPS) is 13.2. The summed E-state index contributed by atoms with van der Waals surface area (Å²) in [6, 6.07) is 0. The summed E-state index contributed by atoms with van der Waals surface area (Å²) >= 11 is 0. The molecule has 0 aromatic heterocycles. The van der Waals surface area contributed by atoms with Gasteiger partial charge in [0.2, 0.25) is 0 Å². The van der Waals surface area contributed by atoms with E-state index in [1.807, 2.05) is 24.3 Å². The lowest BCUT2D eigenvalue weighted by molar-refractivity contribution is -0.166. The lowest BCUT2D eigenvalue weighted by Gasteiger charge is -2.18. The summed E-state index contributed by atoms with van der Waals surface area (Å²) < 4.78 is 16.7. The summed E-state index contributed by atoms with van der Waals surface area (Å²) in [4.78, 5) is 38.1. The van der Waals surface area contributed by atoms with Crippen LogP contribution < -0.4 is 0 Å². The molecule has 1 unspecified atom stereocenters. The molecule has 0 amide bonds. The predicted octanol–water partition coefficient (Wildman–Crippen LogP) is 20.0. The highest BCUT2D eigenvalue weighted by molar-refractivity contribution is 5.71. The summed E-state index contributed by atoms with van der Waals surface area (Å²) in [5.41, 5.74) is 0. The van der Waals surface area contributed by atoms with E-state index in [0.29, 0.717) is 19.3 Å². The van der Waals surface area contributed by atoms with Crippen LogP contribution in [0, 0.1) is 0 Å². The van der Waals surface area contributed by atoms with Gasteiger partial charge in [0.1, 0.15) is 13.2 Å². The number of carbonyl (C=O) groups excluding carboxylic acids is 3. The Balaban J connectivity index is 4.62. The van der Waals surface area contributed by atoms with Gasteiger partial charge in [0.05, 0.1) is 0 Å². The minimum absolute atomic E-state index is 0.135. The Labute approximate surface area is 448 Å². The van der Waals surface area contributed by atoms with E-state index in [2.05, 4.69) is 142 Å². The van der Waals surface area contributed by atoms with E-state index in [1.165, 1.54) is 89.9 Å². The first-order valence-electron chi connectivity index (χ1n) is 29.3. The molecule has 0 aliphatic carbocycles. The average molecular weight is 1010 g/mol. The molecule has 0 spiro atoms. The van der Waals surface area contributed by atoms with Crippen molar-refractivity contribution in [2.75, 3.05) is 13.2 Å². The number of esters is 3. The molecule has 0 heterocycles. The number of unbranched alkanes of at least 4 members (excludes halogenated alkanes) is 16. The molecule has 410 valence electrons. The maximum atomic E-state index is 12.8. The zero-order valence-corrected chi connectivity index (χ0v) is 46.8. The number of ether oxygens (including phenoxy) is 3. The van der Waals surface area contributed by atoms with Crippen molar-refractivity contribution in [1.82, 2.24) is 0 Å². The molecule has 0 aliphatic rings. The van der Waals surface area contributed by atoms with Crippen LogP contribution in [0.2, 0.25) is 0 Å². The molecule has 73 heavy (non-hydrogen) atoms. The average Bonchev–Trinajstić information content (AvgIpc) is 3.39. The van der Waals surface area contributed by atoms with Gasteiger partial charge in [0, 0.05) is 19.3 Å². The van der Waals surface area contributed by atoms with E-state index in [-0.39, 0.29) is 38.0 Å². The van der Waals surface area contributed by atoms with E-state index in [1.54, 1.807) is 0 Å². The third kappa shape index (κ3) is 58.1. The lowest BCUT2D eigenvalue weighted by Crippen LogP contribution is -2.30. The van der Waals surface area contributed by atoms with Crippen molar-refractivity contribution in [2.45, 2.75) is 245 Å². The number of carbonyl (C=O) groups is 3. The van der Waals surface area contributed by atoms with Crippen molar-refractivity contribution in [3.05, 3.63) is 146 Å². The van der Waals surface area contributed by atoms with Crippen molar-refractivity contribution in [3.8, 4) is 0 Å².